The van der Waals surface area contributed by atoms with Crippen LogP contribution >= 0.6 is 54.0 Å². The summed E-state index contributed by atoms with van der Waals surface area (Å²) in [4.78, 5) is 0. The van der Waals surface area contributed by atoms with E-state index in [1.165, 1.54) is 0 Å². The molecule has 0 nitrogen and oxygen atoms in total. The Morgan fingerprint density at radius 2 is 2.00 bits per heavy atom. The Balaban J connectivity index is 3.62. The first-order chi connectivity index (χ1) is 3.48. The molecule has 0 aromatic heterocycles. The molecule has 0 rings (SSSR count). The zero-order chi connectivity index (χ0) is 6.78. The third-order valence-electron chi connectivity index (χ3n) is 0.685. The average molecular weight is 301 g/mol. The molecule has 0 N–H and O–H groups in total. The van der Waals surface area contributed by atoms with E-state index in [1.807, 2.05) is 6.55 Å². The first kappa shape index (κ1) is 9.76. The van der Waals surface area contributed by atoms with E-state index in [4.69, 9.17) is 22.2 Å². The molecule has 1 atom stereocenters. The predicted molar refractivity (Wildman–Crippen MR) is 49.8 cm³/mol. The van der Waals surface area contributed by atoms with Crippen LogP contribution in [0.15, 0.2) is 0 Å². The fourth-order valence-corrected chi connectivity index (χ4v) is 3.93. The summed E-state index contributed by atoms with van der Waals surface area (Å²) in [6.45, 7) is -0.0607. The quantitative estimate of drug-likeness (QED) is 0.417. The lowest BCUT2D eigenvalue weighted by Crippen LogP contribution is -2.29. The second-order valence-corrected chi connectivity index (χ2v) is 12.1. The second-order valence-electron chi connectivity index (χ2n) is 1.58. The SMILES string of the molecule is C[Si](Cl)(Cl)C(Br)CBr. The minimum absolute atomic E-state index is 0.248. The van der Waals surface area contributed by atoms with Gasteiger partial charge in [0.05, 0.1) is 0 Å². The highest BCUT2D eigenvalue weighted by Gasteiger charge is 2.29. The maximum Gasteiger partial charge on any atom is 0.262 e. The Morgan fingerprint density at radius 1 is 1.62 bits per heavy atom. The van der Waals surface area contributed by atoms with Gasteiger partial charge in [-0.15, -0.1) is 22.2 Å². The zero-order valence-electron chi connectivity index (χ0n) is 4.30. The van der Waals surface area contributed by atoms with E-state index in [9.17, 15) is 0 Å². The molecule has 0 fully saturated rings. The van der Waals surface area contributed by atoms with Gasteiger partial charge in [-0.2, -0.15) is 0 Å². The molecule has 0 amide bonds. The minimum Gasteiger partial charge on any atom is -0.145 e. The largest absolute Gasteiger partial charge is 0.262 e. The number of halogens is 4. The normalized spacial score (nSPS) is 16.1. The highest BCUT2D eigenvalue weighted by atomic mass is 79.9. The van der Waals surface area contributed by atoms with Gasteiger partial charge in [-0.25, -0.2) is 0 Å². The molecule has 0 aliphatic heterocycles. The first-order valence-corrected chi connectivity index (χ1v) is 8.70. The van der Waals surface area contributed by atoms with Crippen LogP contribution in [-0.2, 0) is 0 Å². The molecule has 1 unspecified atom stereocenters. The lowest BCUT2D eigenvalue weighted by atomic mass is 11.0. The smallest absolute Gasteiger partial charge is 0.145 e. The zero-order valence-corrected chi connectivity index (χ0v) is 9.98. The van der Waals surface area contributed by atoms with E-state index in [2.05, 4.69) is 31.9 Å². The Morgan fingerprint density at radius 3 is 2.00 bits per heavy atom. The van der Waals surface area contributed by atoms with Gasteiger partial charge in [0, 0.05) is 9.78 Å². The van der Waals surface area contributed by atoms with Gasteiger partial charge in [0.25, 0.3) is 6.69 Å². The predicted octanol–water partition coefficient (Wildman–Crippen LogP) is 3.23. The van der Waals surface area contributed by atoms with E-state index >= 15 is 0 Å². The summed E-state index contributed by atoms with van der Waals surface area (Å²) in [6, 6.07) is 0. The van der Waals surface area contributed by atoms with Crippen LogP contribution in [0.1, 0.15) is 0 Å². The van der Waals surface area contributed by atoms with Crippen molar-refractivity contribution < 1.29 is 0 Å². The van der Waals surface area contributed by atoms with Crippen molar-refractivity contribution >= 4 is 60.7 Å². The maximum absolute atomic E-state index is 5.81. The lowest BCUT2D eigenvalue weighted by Gasteiger charge is -2.13. The van der Waals surface area contributed by atoms with Crippen LogP contribution in [0.4, 0.5) is 0 Å². The Labute approximate surface area is 76.6 Å². The van der Waals surface area contributed by atoms with Crippen molar-refractivity contribution in [1.82, 2.24) is 0 Å². The summed E-state index contributed by atoms with van der Waals surface area (Å²) in [5.74, 6) is 0. The first-order valence-electron chi connectivity index (χ1n) is 2.06. The average Bonchev–Trinajstić information content (AvgIpc) is 1.62. The van der Waals surface area contributed by atoms with E-state index in [-0.39, 0.29) is 4.45 Å². The van der Waals surface area contributed by atoms with E-state index < -0.39 is 6.69 Å². The number of alkyl halides is 2. The molecule has 8 heavy (non-hydrogen) atoms. The molecule has 0 heterocycles. The van der Waals surface area contributed by atoms with Crippen LogP contribution in [0.5, 0.6) is 0 Å². The van der Waals surface area contributed by atoms with E-state index in [1.54, 1.807) is 0 Å². The van der Waals surface area contributed by atoms with Gasteiger partial charge in [0.2, 0.25) is 0 Å². The second kappa shape index (κ2) is 3.81. The van der Waals surface area contributed by atoms with Crippen LogP contribution in [0.3, 0.4) is 0 Å². The summed E-state index contributed by atoms with van der Waals surface area (Å²) in [5, 5.41) is 0.822. The van der Waals surface area contributed by atoms with Gasteiger partial charge in [0.1, 0.15) is 0 Å². The van der Waals surface area contributed by atoms with Gasteiger partial charge < -0.3 is 0 Å². The maximum atomic E-state index is 5.81. The highest BCUT2D eigenvalue weighted by Crippen LogP contribution is 2.25. The van der Waals surface area contributed by atoms with E-state index in [0.717, 1.165) is 5.33 Å². The summed E-state index contributed by atoms with van der Waals surface area (Å²) in [5.41, 5.74) is 0. The molecule has 0 saturated heterocycles. The molecule has 0 saturated carbocycles. The molecule has 0 aliphatic carbocycles. The number of hydrogen-bond acceptors (Lipinski definition) is 0. The van der Waals surface area contributed by atoms with Crippen molar-refractivity contribution in [3.05, 3.63) is 0 Å². The van der Waals surface area contributed by atoms with E-state index in [0.29, 0.717) is 0 Å². The molecule has 0 aliphatic rings. The number of hydrogen-bond donors (Lipinski definition) is 0. The van der Waals surface area contributed by atoms with Crippen molar-refractivity contribution in [2.45, 2.75) is 11.0 Å². The molecule has 0 bridgehead atoms. The molecule has 0 radical (unpaired) electrons. The molecule has 50 valence electrons. The van der Waals surface area contributed by atoms with Crippen molar-refractivity contribution in [3.63, 3.8) is 0 Å². The summed E-state index contributed by atoms with van der Waals surface area (Å²) in [6.07, 6.45) is 0. The van der Waals surface area contributed by atoms with Crippen molar-refractivity contribution in [2.75, 3.05) is 5.33 Å². The van der Waals surface area contributed by atoms with Crippen LogP contribution in [-0.4, -0.2) is 16.5 Å². The van der Waals surface area contributed by atoms with Gasteiger partial charge in [-0.3, -0.25) is 0 Å². The fourth-order valence-electron chi connectivity index (χ4n) is 0.135. The third kappa shape index (κ3) is 3.72. The highest BCUT2D eigenvalue weighted by molar-refractivity contribution is 9.12. The Hall–Kier alpha value is 1.76. The molecule has 0 spiro atoms. The monoisotopic (exact) mass is 298 g/mol. The lowest BCUT2D eigenvalue weighted by molar-refractivity contribution is 1.43. The topological polar surface area (TPSA) is 0 Å². The van der Waals surface area contributed by atoms with Crippen LogP contribution in [0.2, 0.25) is 6.55 Å². The van der Waals surface area contributed by atoms with Gasteiger partial charge in [-0.05, 0) is 6.55 Å². The number of rotatable bonds is 2. The minimum atomic E-state index is -1.95. The fraction of sp³-hybridized carbons (Fsp3) is 1.00. The van der Waals surface area contributed by atoms with Gasteiger partial charge in [0.15, 0.2) is 0 Å². The van der Waals surface area contributed by atoms with Crippen molar-refractivity contribution in [1.29, 1.82) is 0 Å². The Kier molecular flexibility index (Phi) is 4.65. The molecule has 0 aromatic rings. The molecular formula is C3H6Br2Cl2Si. The molecule has 5 heteroatoms. The summed E-state index contributed by atoms with van der Waals surface area (Å²) in [7, 11) is 0. The standard InChI is InChI=1S/C3H6Br2Cl2Si/c1-8(6,7)3(5)2-4/h3H,2H2,1H3. The van der Waals surface area contributed by atoms with Gasteiger partial charge in [-0.1, -0.05) is 31.9 Å². The van der Waals surface area contributed by atoms with Gasteiger partial charge >= 0.3 is 0 Å². The molecule has 0 aromatic carbocycles. The molecular weight excluding hydrogens is 295 g/mol. The van der Waals surface area contributed by atoms with Crippen molar-refractivity contribution in [3.8, 4) is 0 Å². The summed E-state index contributed by atoms with van der Waals surface area (Å²) >= 11 is 18.2. The van der Waals surface area contributed by atoms with Crippen LogP contribution in [0, 0.1) is 0 Å². The summed E-state index contributed by atoms with van der Waals surface area (Å²) < 4.78 is 0.248. The van der Waals surface area contributed by atoms with Crippen LogP contribution in [0.25, 0.3) is 0 Å². The third-order valence-corrected chi connectivity index (χ3v) is 10.3. The van der Waals surface area contributed by atoms with Crippen molar-refractivity contribution in [2.24, 2.45) is 0 Å². The Bertz CT molecular complexity index is 72.2. The van der Waals surface area contributed by atoms with Crippen LogP contribution < -0.4 is 0 Å².